The number of anilines is 2. The first-order valence-corrected chi connectivity index (χ1v) is 5.36. The quantitative estimate of drug-likeness (QED) is 0.818. The highest BCUT2D eigenvalue weighted by molar-refractivity contribution is 5.58. The van der Waals surface area contributed by atoms with Crippen LogP contribution in [0.3, 0.4) is 0 Å². The standard InChI is InChI=1S/C13H14FN3/c1-3-8-17-9-7-15-13(17)16-12-6-4-5-11(14)10(12)2/h3-7,9H,1,8H2,2H3,(H,15,16). The SMILES string of the molecule is C=CCn1ccnc1Nc1cccc(F)c1C. The van der Waals surface area contributed by atoms with Crippen molar-refractivity contribution in [2.45, 2.75) is 13.5 Å². The molecule has 1 aromatic carbocycles. The Kier molecular flexibility index (Phi) is 3.23. The molecule has 2 rings (SSSR count). The number of rotatable bonds is 4. The van der Waals surface area contributed by atoms with Crippen molar-refractivity contribution >= 4 is 11.6 Å². The van der Waals surface area contributed by atoms with E-state index < -0.39 is 0 Å². The highest BCUT2D eigenvalue weighted by Crippen LogP contribution is 2.21. The smallest absolute Gasteiger partial charge is 0.207 e. The fraction of sp³-hybridized carbons (Fsp3) is 0.154. The third kappa shape index (κ3) is 2.36. The zero-order chi connectivity index (χ0) is 12.3. The van der Waals surface area contributed by atoms with Gasteiger partial charge in [0.2, 0.25) is 5.95 Å². The summed E-state index contributed by atoms with van der Waals surface area (Å²) in [5.74, 6) is 0.454. The Hall–Kier alpha value is -2.10. The molecule has 1 aromatic heterocycles. The molecule has 0 unspecified atom stereocenters. The highest BCUT2D eigenvalue weighted by atomic mass is 19.1. The molecule has 17 heavy (non-hydrogen) atoms. The lowest BCUT2D eigenvalue weighted by molar-refractivity contribution is 0.619. The van der Waals surface area contributed by atoms with Crippen LogP contribution < -0.4 is 5.32 Å². The predicted octanol–water partition coefficient (Wildman–Crippen LogP) is 3.26. The molecule has 1 N–H and O–H groups in total. The molecular formula is C13H14FN3. The van der Waals surface area contributed by atoms with Crippen LogP contribution in [0.5, 0.6) is 0 Å². The number of imidazole rings is 1. The Morgan fingerprint density at radius 2 is 2.35 bits per heavy atom. The number of allylic oxidation sites excluding steroid dienone is 1. The lowest BCUT2D eigenvalue weighted by atomic mass is 10.2. The van der Waals surface area contributed by atoms with Gasteiger partial charge in [0.05, 0.1) is 0 Å². The van der Waals surface area contributed by atoms with Crippen molar-refractivity contribution in [3.63, 3.8) is 0 Å². The van der Waals surface area contributed by atoms with Gasteiger partial charge in [0, 0.05) is 30.2 Å². The molecule has 0 atom stereocenters. The number of nitrogens with zero attached hydrogens (tertiary/aromatic N) is 2. The Morgan fingerprint density at radius 1 is 1.53 bits per heavy atom. The van der Waals surface area contributed by atoms with E-state index in [9.17, 15) is 4.39 Å². The summed E-state index contributed by atoms with van der Waals surface area (Å²) in [6, 6.07) is 4.94. The monoisotopic (exact) mass is 231 g/mol. The van der Waals surface area contributed by atoms with Crippen molar-refractivity contribution in [1.29, 1.82) is 0 Å². The molecule has 0 aliphatic heterocycles. The van der Waals surface area contributed by atoms with E-state index in [-0.39, 0.29) is 5.82 Å². The third-order valence-corrected chi connectivity index (χ3v) is 2.56. The van der Waals surface area contributed by atoms with Gasteiger partial charge in [-0.25, -0.2) is 9.37 Å². The summed E-state index contributed by atoms with van der Waals surface area (Å²) in [6.45, 7) is 6.08. The van der Waals surface area contributed by atoms with Crippen molar-refractivity contribution in [2.75, 3.05) is 5.32 Å². The van der Waals surface area contributed by atoms with Crippen LogP contribution in [0.1, 0.15) is 5.56 Å². The Balaban J connectivity index is 2.28. The molecule has 0 spiro atoms. The molecule has 0 fully saturated rings. The maximum absolute atomic E-state index is 13.4. The van der Waals surface area contributed by atoms with E-state index in [1.54, 1.807) is 25.3 Å². The van der Waals surface area contributed by atoms with Crippen LogP contribution in [-0.2, 0) is 6.54 Å². The topological polar surface area (TPSA) is 29.9 Å². The summed E-state index contributed by atoms with van der Waals surface area (Å²) < 4.78 is 15.3. The fourth-order valence-electron chi connectivity index (χ4n) is 1.58. The van der Waals surface area contributed by atoms with Crippen LogP contribution >= 0.6 is 0 Å². The number of hydrogen-bond donors (Lipinski definition) is 1. The Labute approximate surface area is 99.6 Å². The molecule has 4 heteroatoms. The molecule has 0 bridgehead atoms. The van der Waals surface area contributed by atoms with E-state index in [1.807, 2.05) is 16.8 Å². The van der Waals surface area contributed by atoms with Crippen LogP contribution in [0.15, 0.2) is 43.2 Å². The van der Waals surface area contributed by atoms with Gasteiger partial charge in [-0.15, -0.1) is 6.58 Å². The highest BCUT2D eigenvalue weighted by Gasteiger charge is 2.06. The molecule has 0 aliphatic carbocycles. The molecule has 0 aliphatic rings. The van der Waals surface area contributed by atoms with E-state index in [0.29, 0.717) is 18.1 Å². The van der Waals surface area contributed by atoms with Gasteiger partial charge in [-0.2, -0.15) is 0 Å². The average Bonchev–Trinajstić information content (AvgIpc) is 2.73. The van der Waals surface area contributed by atoms with E-state index in [1.165, 1.54) is 6.07 Å². The summed E-state index contributed by atoms with van der Waals surface area (Å²) in [5.41, 5.74) is 1.31. The zero-order valence-corrected chi connectivity index (χ0v) is 9.65. The number of halogens is 1. The molecule has 2 aromatic rings. The van der Waals surface area contributed by atoms with Gasteiger partial charge in [-0.05, 0) is 19.1 Å². The second-order valence-corrected chi connectivity index (χ2v) is 3.73. The summed E-state index contributed by atoms with van der Waals surface area (Å²) in [5, 5.41) is 3.11. The average molecular weight is 231 g/mol. The summed E-state index contributed by atoms with van der Waals surface area (Å²) in [7, 11) is 0. The van der Waals surface area contributed by atoms with Gasteiger partial charge in [0.15, 0.2) is 0 Å². The molecule has 0 saturated heterocycles. The van der Waals surface area contributed by atoms with E-state index in [0.717, 1.165) is 5.69 Å². The predicted molar refractivity (Wildman–Crippen MR) is 66.8 cm³/mol. The second-order valence-electron chi connectivity index (χ2n) is 3.73. The largest absolute Gasteiger partial charge is 0.325 e. The minimum absolute atomic E-state index is 0.225. The fourth-order valence-corrected chi connectivity index (χ4v) is 1.58. The molecule has 88 valence electrons. The summed E-state index contributed by atoms with van der Waals surface area (Å²) in [6.07, 6.45) is 5.32. The third-order valence-electron chi connectivity index (χ3n) is 2.56. The zero-order valence-electron chi connectivity index (χ0n) is 9.65. The van der Waals surface area contributed by atoms with Gasteiger partial charge in [-0.1, -0.05) is 12.1 Å². The molecule has 1 heterocycles. The van der Waals surface area contributed by atoms with Crippen LogP contribution in [0.25, 0.3) is 0 Å². The lowest BCUT2D eigenvalue weighted by Crippen LogP contribution is -2.03. The first kappa shape index (κ1) is 11.4. The molecular weight excluding hydrogens is 217 g/mol. The van der Waals surface area contributed by atoms with E-state index >= 15 is 0 Å². The first-order valence-electron chi connectivity index (χ1n) is 5.36. The van der Waals surface area contributed by atoms with Crippen molar-refractivity contribution in [2.24, 2.45) is 0 Å². The van der Waals surface area contributed by atoms with Gasteiger partial charge in [-0.3, -0.25) is 0 Å². The minimum atomic E-state index is -0.225. The summed E-state index contributed by atoms with van der Waals surface area (Å²) >= 11 is 0. The lowest BCUT2D eigenvalue weighted by Gasteiger charge is -2.10. The molecule has 0 saturated carbocycles. The van der Waals surface area contributed by atoms with Gasteiger partial charge < -0.3 is 9.88 Å². The number of aromatic nitrogens is 2. The van der Waals surface area contributed by atoms with Crippen LogP contribution in [0, 0.1) is 12.7 Å². The molecule has 0 radical (unpaired) electrons. The first-order chi connectivity index (χ1) is 8.22. The van der Waals surface area contributed by atoms with E-state index in [4.69, 9.17) is 0 Å². The Bertz CT molecular complexity index is 531. The van der Waals surface area contributed by atoms with Crippen LogP contribution in [0.2, 0.25) is 0 Å². The van der Waals surface area contributed by atoms with Crippen molar-refractivity contribution in [1.82, 2.24) is 9.55 Å². The maximum atomic E-state index is 13.4. The Morgan fingerprint density at radius 3 is 3.12 bits per heavy atom. The summed E-state index contributed by atoms with van der Waals surface area (Å²) in [4.78, 5) is 4.18. The second kappa shape index (κ2) is 4.82. The van der Waals surface area contributed by atoms with Crippen molar-refractivity contribution < 1.29 is 4.39 Å². The van der Waals surface area contributed by atoms with Crippen molar-refractivity contribution in [3.05, 3.63) is 54.6 Å². The van der Waals surface area contributed by atoms with Crippen LogP contribution in [0.4, 0.5) is 16.0 Å². The number of hydrogen-bond acceptors (Lipinski definition) is 2. The van der Waals surface area contributed by atoms with E-state index in [2.05, 4.69) is 16.9 Å². The number of nitrogens with one attached hydrogen (secondary N) is 1. The van der Waals surface area contributed by atoms with Crippen molar-refractivity contribution in [3.8, 4) is 0 Å². The maximum Gasteiger partial charge on any atom is 0.207 e. The molecule has 0 amide bonds. The number of benzene rings is 1. The molecule has 3 nitrogen and oxygen atoms in total. The minimum Gasteiger partial charge on any atom is -0.325 e. The van der Waals surface area contributed by atoms with Gasteiger partial charge in [0.1, 0.15) is 5.82 Å². The van der Waals surface area contributed by atoms with Crippen LogP contribution in [-0.4, -0.2) is 9.55 Å². The normalized spacial score (nSPS) is 10.2. The van der Waals surface area contributed by atoms with Gasteiger partial charge >= 0.3 is 0 Å². The van der Waals surface area contributed by atoms with Gasteiger partial charge in [0.25, 0.3) is 0 Å².